The highest BCUT2D eigenvalue weighted by atomic mass is 79.9. The van der Waals surface area contributed by atoms with Crippen LogP contribution in [0.3, 0.4) is 0 Å². The molecule has 0 aliphatic carbocycles. The summed E-state index contributed by atoms with van der Waals surface area (Å²) in [7, 11) is 0. The van der Waals surface area contributed by atoms with E-state index in [2.05, 4.69) is 21.2 Å². The molecular formula is C13H7BrClFN2. The van der Waals surface area contributed by atoms with Gasteiger partial charge < -0.3 is 5.32 Å². The molecule has 0 fully saturated rings. The van der Waals surface area contributed by atoms with Crippen LogP contribution in [0.4, 0.5) is 15.8 Å². The van der Waals surface area contributed by atoms with Crippen molar-refractivity contribution in [2.75, 3.05) is 5.32 Å². The van der Waals surface area contributed by atoms with Gasteiger partial charge in [0.15, 0.2) is 0 Å². The Kier molecular flexibility index (Phi) is 3.85. The van der Waals surface area contributed by atoms with Gasteiger partial charge in [0.25, 0.3) is 0 Å². The SMILES string of the molecule is N#Cc1ccc(Nc2cc(F)ccc2Br)cc1Cl. The molecule has 0 atom stereocenters. The van der Waals surface area contributed by atoms with Crippen molar-refractivity contribution in [1.82, 2.24) is 0 Å². The second-order valence-corrected chi connectivity index (χ2v) is 4.82. The van der Waals surface area contributed by atoms with Gasteiger partial charge in [-0.1, -0.05) is 11.6 Å². The van der Waals surface area contributed by atoms with Crippen LogP contribution >= 0.6 is 27.5 Å². The van der Waals surface area contributed by atoms with Crippen molar-refractivity contribution in [1.29, 1.82) is 5.26 Å². The molecule has 2 aromatic rings. The molecule has 0 aromatic heterocycles. The van der Waals surface area contributed by atoms with Crippen molar-refractivity contribution < 1.29 is 4.39 Å². The van der Waals surface area contributed by atoms with E-state index in [0.717, 1.165) is 4.47 Å². The first-order valence-electron chi connectivity index (χ1n) is 5.02. The van der Waals surface area contributed by atoms with E-state index in [0.29, 0.717) is 22.0 Å². The molecule has 18 heavy (non-hydrogen) atoms. The Morgan fingerprint density at radius 2 is 2.00 bits per heavy atom. The zero-order valence-electron chi connectivity index (χ0n) is 9.05. The lowest BCUT2D eigenvalue weighted by Gasteiger charge is -2.09. The largest absolute Gasteiger partial charge is 0.354 e. The first-order valence-corrected chi connectivity index (χ1v) is 6.19. The summed E-state index contributed by atoms with van der Waals surface area (Å²) in [6.45, 7) is 0. The van der Waals surface area contributed by atoms with Gasteiger partial charge >= 0.3 is 0 Å². The minimum absolute atomic E-state index is 0.333. The van der Waals surface area contributed by atoms with Gasteiger partial charge in [-0.05, 0) is 52.3 Å². The Labute approximate surface area is 117 Å². The van der Waals surface area contributed by atoms with Crippen molar-refractivity contribution in [2.45, 2.75) is 0 Å². The Morgan fingerprint density at radius 1 is 1.22 bits per heavy atom. The van der Waals surface area contributed by atoms with Gasteiger partial charge in [0, 0.05) is 10.2 Å². The fourth-order valence-corrected chi connectivity index (χ4v) is 2.00. The molecule has 2 rings (SSSR count). The molecule has 2 aromatic carbocycles. The summed E-state index contributed by atoms with van der Waals surface area (Å²) in [6.07, 6.45) is 0. The number of anilines is 2. The van der Waals surface area contributed by atoms with Crippen molar-refractivity contribution in [2.24, 2.45) is 0 Å². The number of nitrogens with one attached hydrogen (secondary N) is 1. The normalized spacial score (nSPS) is 9.89. The molecule has 0 unspecified atom stereocenters. The van der Waals surface area contributed by atoms with Crippen molar-refractivity contribution in [3.05, 3.63) is 57.3 Å². The van der Waals surface area contributed by atoms with Crippen LogP contribution in [0.5, 0.6) is 0 Å². The maximum Gasteiger partial charge on any atom is 0.125 e. The third-order valence-corrected chi connectivity index (χ3v) is 3.30. The molecule has 90 valence electrons. The fourth-order valence-electron chi connectivity index (χ4n) is 1.43. The number of rotatable bonds is 2. The Balaban J connectivity index is 2.32. The van der Waals surface area contributed by atoms with E-state index >= 15 is 0 Å². The number of benzene rings is 2. The summed E-state index contributed by atoms with van der Waals surface area (Å²) in [5.41, 5.74) is 1.68. The molecule has 0 saturated heterocycles. The molecule has 1 N–H and O–H groups in total. The zero-order chi connectivity index (χ0) is 13.1. The lowest BCUT2D eigenvalue weighted by molar-refractivity contribution is 0.628. The summed E-state index contributed by atoms with van der Waals surface area (Å²) in [5.74, 6) is -0.333. The van der Waals surface area contributed by atoms with Crippen LogP contribution < -0.4 is 5.32 Å². The zero-order valence-corrected chi connectivity index (χ0v) is 11.4. The Bertz CT molecular complexity index is 637. The summed E-state index contributed by atoms with van der Waals surface area (Å²) in [5, 5.41) is 12.1. The lowest BCUT2D eigenvalue weighted by atomic mass is 10.2. The van der Waals surface area contributed by atoms with Crippen LogP contribution in [-0.2, 0) is 0 Å². The number of halogens is 3. The molecule has 0 spiro atoms. The van der Waals surface area contributed by atoms with E-state index in [9.17, 15) is 4.39 Å². The highest BCUT2D eigenvalue weighted by molar-refractivity contribution is 9.10. The van der Waals surface area contributed by atoms with Gasteiger partial charge in [-0.3, -0.25) is 0 Å². The second kappa shape index (κ2) is 5.38. The van der Waals surface area contributed by atoms with Gasteiger partial charge in [-0.15, -0.1) is 0 Å². The molecule has 0 saturated carbocycles. The first-order chi connectivity index (χ1) is 8.60. The Hall–Kier alpha value is -1.57. The third kappa shape index (κ3) is 2.81. The van der Waals surface area contributed by atoms with E-state index in [4.69, 9.17) is 16.9 Å². The topological polar surface area (TPSA) is 35.8 Å². The van der Waals surface area contributed by atoms with Gasteiger partial charge in [-0.25, -0.2) is 4.39 Å². The molecule has 5 heteroatoms. The van der Waals surface area contributed by atoms with Crippen molar-refractivity contribution >= 4 is 38.9 Å². The molecule has 0 amide bonds. The molecule has 0 bridgehead atoms. The number of nitrogens with zero attached hydrogens (tertiary/aromatic N) is 1. The molecule has 2 nitrogen and oxygen atoms in total. The molecule has 0 aliphatic rings. The number of hydrogen-bond acceptors (Lipinski definition) is 2. The van der Waals surface area contributed by atoms with Crippen LogP contribution in [0, 0.1) is 17.1 Å². The molecular weight excluding hydrogens is 319 g/mol. The predicted octanol–water partition coefficient (Wildman–Crippen LogP) is 4.86. The molecule has 0 radical (unpaired) electrons. The quantitative estimate of drug-likeness (QED) is 0.856. The predicted molar refractivity (Wildman–Crippen MR) is 73.5 cm³/mol. The highest BCUT2D eigenvalue weighted by Gasteiger charge is 2.04. The van der Waals surface area contributed by atoms with Crippen LogP contribution in [0.2, 0.25) is 5.02 Å². The molecule has 0 heterocycles. The minimum atomic E-state index is -0.333. The van der Waals surface area contributed by atoms with Crippen LogP contribution in [0.15, 0.2) is 40.9 Å². The second-order valence-electron chi connectivity index (χ2n) is 3.56. The van der Waals surface area contributed by atoms with Gasteiger partial charge in [0.1, 0.15) is 11.9 Å². The number of hydrogen-bond donors (Lipinski definition) is 1. The average molecular weight is 326 g/mol. The third-order valence-electron chi connectivity index (χ3n) is 2.30. The standard InChI is InChI=1S/C13H7BrClFN2/c14-11-4-2-9(16)5-13(11)18-10-3-1-8(7-17)12(15)6-10/h1-6,18H. The van der Waals surface area contributed by atoms with E-state index < -0.39 is 0 Å². The van der Waals surface area contributed by atoms with Crippen molar-refractivity contribution in [3.63, 3.8) is 0 Å². The maximum absolute atomic E-state index is 13.1. The van der Waals surface area contributed by atoms with Crippen LogP contribution in [-0.4, -0.2) is 0 Å². The first kappa shape index (κ1) is 12.9. The summed E-state index contributed by atoms with van der Waals surface area (Å²) >= 11 is 9.24. The van der Waals surface area contributed by atoms with Gasteiger partial charge in [0.05, 0.1) is 16.3 Å². The van der Waals surface area contributed by atoms with E-state index in [1.165, 1.54) is 12.1 Å². The van der Waals surface area contributed by atoms with Crippen LogP contribution in [0.1, 0.15) is 5.56 Å². The lowest BCUT2D eigenvalue weighted by Crippen LogP contribution is -1.93. The van der Waals surface area contributed by atoms with E-state index in [-0.39, 0.29) is 5.82 Å². The molecule has 0 aliphatic heterocycles. The monoisotopic (exact) mass is 324 g/mol. The average Bonchev–Trinajstić information content (AvgIpc) is 2.34. The Morgan fingerprint density at radius 3 is 2.67 bits per heavy atom. The highest BCUT2D eigenvalue weighted by Crippen LogP contribution is 2.28. The summed E-state index contributed by atoms with van der Waals surface area (Å²) in [4.78, 5) is 0. The maximum atomic E-state index is 13.1. The van der Waals surface area contributed by atoms with Gasteiger partial charge in [0.2, 0.25) is 0 Å². The van der Waals surface area contributed by atoms with E-state index in [1.807, 2.05) is 6.07 Å². The summed E-state index contributed by atoms with van der Waals surface area (Å²) < 4.78 is 13.9. The minimum Gasteiger partial charge on any atom is -0.354 e. The number of nitriles is 1. The van der Waals surface area contributed by atoms with Crippen molar-refractivity contribution in [3.8, 4) is 6.07 Å². The van der Waals surface area contributed by atoms with Crippen LogP contribution in [0.25, 0.3) is 0 Å². The fraction of sp³-hybridized carbons (Fsp3) is 0. The van der Waals surface area contributed by atoms with E-state index in [1.54, 1.807) is 24.3 Å². The van der Waals surface area contributed by atoms with Gasteiger partial charge in [-0.2, -0.15) is 5.26 Å². The smallest absolute Gasteiger partial charge is 0.125 e. The summed E-state index contributed by atoms with van der Waals surface area (Å²) in [6, 6.07) is 11.3.